The van der Waals surface area contributed by atoms with E-state index in [1.54, 1.807) is 30.3 Å². The Labute approximate surface area is 300 Å². The van der Waals surface area contributed by atoms with Gasteiger partial charge in [-0.25, -0.2) is 4.79 Å². The molecule has 2 saturated heterocycles. The van der Waals surface area contributed by atoms with E-state index in [-0.39, 0.29) is 13.0 Å². The molecular weight excluding hydrogens is 725 g/mol. The van der Waals surface area contributed by atoms with Gasteiger partial charge in [0.2, 0.25) is 5.91 Å². The van der Waals surface area contributed by atoms with Crippen molar-refractivity contribution in [3.8, 4) is 0 Å². The molecular formula is C31H45F3N4O15. The van der Waals surface area contributed by atoms with Gasteiger partial charge in [0, 0.05) is 26.6 Å². The Morgan fingerprint density at radius 3 is 2.09 bits per heavy atom. The molecule has 53 heavy (non-hydrogen) atoms. The number of aliphatic hydroxyl groups is 6. The quantitative estimate of drug-likeness (QED) is 0.0976. The number of rotatable bonds is 12. The van der Waals surface area contributed by atoms with Crippen molar-refractivity contribution in [3.05, 3.63) is 35.9 Å². The van der Waals surface area contributed by atoms with E-state index < -0.39 is 129 Å². The van der Waals surface area contributed by atoms with Crippen LogP contribution in [0.15, 0.2) is 30.3 Å². The third kappa shape index (κ3) is 10.7. The molecule has 15 atom stereocenters. The van der Waals surface area contributed by atoms with Crippen LogP contribution in [-0.2, 0) is 44.6 Å². The van der Waals surface area contributed by atoms with Crippen LogP contribution in [0.1, 0.15) is 18.9 Å². The standard InChI is InChI=1S/C31H45F3N4O15/c1-12(39)37-15-8-14(35)25(52-27-21(42)18(38-29(46)31(32,33)34)19(40)17(51-27)11-48-2)24(45)26(15)53-28-23(44)22(43)20(41)16(50-28)9-36-30(47)49-10-13-6-4-3-5-7-13/h3-7,14-28,40-45H,8-11,35H2,1-2H3,(H,36,47)(H,37,39)(H,38,46)/t14-,15?,16?,17?,18-,19-,20-,21?,22+,23?,24?,25-,26-,27-,28-/m1/s1. The van der Waals surface area contributed by atoms with Crippen molar-refractivity contribution >= 4 is 17.9 Å². The first-order valence-electron chi connectivity index (χ1n) is 16.5. The molecule has 1 aliphatic carbocycles. The smallest absolute Gasteiger partial charge is 0.445 e. The molecule has 0 aromatic heterocycles. The van der Waals surface area contributed by atoms with Crippen molar-refractivity contribution in [1.82, 2.24) is 16.0 Å². The molecule has 300 valence electrons. The zero-order valence-corrected chi connectivity index (χ0v) is 28.4. The monoisotopic (exact) mass is 770 g/mol. The average molecular weight is 771 g/mol. The van der Waals surface area contributed by atoms with E-state index in [0.717, 1.165) is 6.92 Å². The molecule has 0 spiro atoms. The Morgan fingerprint density at radius 2 is 1.47 bits per heavy atom. The first kappa shape index (κ1) is 42.5. The maximum Gasteiger partial charge on any atom is 0.471 e. The number of methoxy groups -OCH3 is 1. The number of alkyl carbamates (subject to hydrolysis) is 1. The molecule has 0 bridgehead atoms. The highest BCUT2D eigenvalue weighted by Gasteiger charge is 2.54. The predicted octanol–water partition coefficient (Wildman–Crippen LogP) is -3.77. The average Bonchev–Trinajstić information content (AvgIpc) is 3.10. The van der Waals surface area contributed by atoms with Crippen LogP contribution in [0.5, 0.6) is 0 Å². The lowest BCUT2D eigenvalue weighted by molar-refractivity contribution is -0.334. The minimum atomic E-state index is -5.38. The van der Waals surface area contributed by atoms with Crippen LogP contribution in [0.25, 0.3) is 0 Å². The summed E-state index contributed by atoms with van der Waals surface area (Å²) in [4.78, 5) is 36.1. The van der Waals surface area contributed by atoms with Crippen molar-refractivity contribution in [3.63, 3.8) is 0 Å². The molecule has 3 aliphatic rings. The van der Waals surface area contributed by atoms with E-state index >= 15 is 0 Å². The number of halogens is 3. The van der Waals surface area contributed by atoms with Crippen molar-refractivity contribution in [2.24, 2.45) is 5.73 Å². The summed E-state index contributed by atoms with van der Waals surface area (Å²) < 4.78 is 72.1. The van der Waals surface area contributed by atoms with E-state index in [0.29, 0.717) is 5.56 Å². The lowest BCUT2D eigenvalue weighted by Gasteiger charge is -2.49. The molecule has 0 radical (unpaired) electrons. The molecule has 6 unspecified atom stereocenters. The second-order valence-electron chi connectivity index (χ2n) is 12.8. The van der Waals surface area contributed by atoms with E-state index in [1.165, 1.54) is 12.4 Å². The van der Waals surface area contributed by atoms with Gasteiger partial charge in [-0.15, -0.1) is 0 Å². The summed E-state index contributed by atoms with van der Waals surface area (Å²) in [5, 5.41) is 71.4. The molecule has 1 saturated carbocycles. The largest absolute Gasteiger partial charge is 0.471 e. The first-order chi connectivity index (χ1) is 24.9. The minimum absolute atomic E-state index is 0.0807. The highest BCUT2D eigenvalue weighted by atomic mass is 19.4. The van der Waals surface area contributed by atoms with Crippen molar-refractivity contribution < 1.29 is 86.6 Å². The van der Waals surface area contributed by atoms with E-state index in [1.807, 2.05) is 0 Å². The molecule has 1 aromatic carbocycles. The van der Waals surface area contributed by atoms with Gasteiger partial charge in [-0.2, -0.15) is 13.2 Å². The fourth-order valence-electron chi connectivity index (χ4n) is 6.22. The van der Waals surface area contributed by atoms with Crippen LogP contribution in [0.3, 0.4) is 0 Å². The lowest BCUT2D eigenvalue weighted by Crippen LogP contribution is -2.70. The number of amides is 3. The van der Waals surface area contributed by atoms with Crippen LogP contribution >= 0.6 is 0 Å². The number of nitrogens with one attached hydrogen (secondary N) is 3. The van der Waals surface area contributed by atoms with Crippen LogP contribution in [0.4, 0.5) is 18.0 Å². The maximum absolute atomic E-state index is 13.1. The molecule has 1 aromatic rings. The molecule has 2 heterocycles. The summed E-state index contributed by atoms with van der Waals surface area (Å²) in [5.74, 6) is -3.08. The van der Waals surface area contributed by atoms with Gasteiger partial charge in [-0.1, -0.05) is 30.3 Å². The lowest BCUT2D eigenvalue weighted by atomic mass is 9.83. The molecule has 3 fully saturated rings. The van der Waals surface area contributed by atoms with Gasteiger partial charge >= 0.3 is 18.2 Å². The molecule has 11 N–H and O–H groups in total. The molecule has 19 nitrogen and oxygen atoms in total. The third-order valence-electron chi connectivity index (χ3n) is 8.91. The summed E-state index contributed by atoms with van der Waals surface area (Å²) in [7, 11) is 1.18. The number of carbonyl (C=O) groups excluding carboxylic acids is 3. The van der Waals surface area contributed by atoms with E-state index in [9.17, 15) is 58.2 Å². The topological polar surface area (TPSA) is 290 Å². The first-order valence-corrected chi connectivity index (χ1v) is 16.5. The zero-order valence-electron chi connectivity index (χ0n) is 28.4. The second kappa shape index (κ2) is 18.4. The highest BCUT2D eigenvalue weighted by Crippen LogP contribution is 2.33. The number of hydrogen-bond acceptors (Lipinski definition) is 16. The Bertz CT molecular complexity index is 1370. The van der Waals surface area contributed by atoms with Crippen molar-refractivity contribution in [2.45, 2.75) is 118 Å². The van der Waals surface area contributed by atoms with Crippen LogP contribution in [-0.4, -0.2) is 167 Å². The Kier molecular flexibility index (Phi) is 14.7. The number of hydrogen-bond donors (Lipinski definition) is 10. The number of benzene rings is 1. The Morgan fingerprint density at radius 1 is 0.849 bits per heavy atom. The summed E-state index contributed by atoms with van der Waals surface area (Å²) >= 11 is 0. The van der Waals surface area contributed by atoms with Gasteiger partial charge in [-0.05, 0) is 12.0 Å². The number of carbonyl (C=O) groups is 3. The summed E-state index contributed by atoms with van der Waals surface area (Å²) in [6, 6.07) is 4.38. The van der Waals surface area contributed by atoms with Gasteiger partial charge in [-0.3, -0.25) is 9.59 Å². The fourth-order valence-corrected chi connectivity index (χ4v) is 6.22. The van der Waals surface area contributed by atoms with E-state index in [2.05, 4.69) is 10.6 Å². The summed E-state index contributed by atoms with van der Waals surface area (Å²) in [5.41, 5.74) is 6.97. The van der Waals surface area contributed by atoms with E-state index in [4.69, 9.17) is 34.2 Å². The van der Waals surface area contributed by atoms with Gasteiger partial charge in [0.1, 0.15) is 67.6 Å². The Hall–Kier alpha value is -3.26. The molecule has 2 aliphatic heterocycles. The summed E-state index contributed by atoms with van der Waals surface area (Å²) in [6.45, 7) is 0.177. The van der Waals surface area contributed by atoms with Gasteiger partial charge in [0.15, 0.2) is 12.6 Å². The number of aliphatic hydroxyl groups excluding tert-OH is 6. The summed E-state index contributed by atoms with van der Waals surface area (Å²) in [6.07, 6.45) is -27.9. The second-order valence-corrected chi connectivity index (χ2v) is 12.8. The number of ether oxygens (including phenoxy) is 6. The predicted molar refractivity (Wildman–Crippen MR) is 168 cm³/mol. The molecule has 4 rings (SSSR count). The fraction of sp³-hybridized carbons (Fsp3) is 0.710. The number of nitrogens with two attached hydrogens (primary N) is 1. The van der Waals surface area contributed by atoms with Gasteiger partial charge < -0.3 is 80.7 Å². The third-order valence-corrected chi connectivity index (χ3v) is 8.91. The Balaban J connectivity index is 1.49. The van der Waals surface area contributed by atoms with Crippen LogP contribution < -0.4 is 21.7 Å². The zero-order chi connectivity index (χ0) is 39.2. The van der Waals surface area contributed by atoms with Crippen LogP contribution in [0.2, 0.25) is 0 Å². The van der Waals surface area contributed by atoms with Crippen molar-refractivity contribution in [1.29, 1.82) is 0 Å². The van der Waals surface area contributed by atoms with Gasteiger partial charge in [0.25, 0.3) is 0 Å². The maximum atomic E-state index is 13.1. The molecule has 3 amide bonds. The SMILES string of the molecule is COCC1O[C@H](O[C@H]2C(O)[C@H](O[C@H]3OC(CNC(=O)OCc4ccccc4)[C@@H](O)[C@H](O)C3O)C(NC(C)=O)C[C@H]2N)C(O)[C@H](NC(=O)C(F)(F)F)[C@@H]1O. The molecule has 22 heteroatoms. The normalized spacial score (nSPS) is 37.7. The minimum Gasteiger partial charge on any atom is -0.445 e. The highest BCUT2D eigenvalue weighted by molar-refractivity contribution is 5.82. The van der Waals surface area contributed by atoms with Crippen LogP contribution in [0, 0.1) is 0 Å². The number of alkyl halides is 3. The van der Waals surface area contributed by atoms with Gasteiger partial charge in [0.05, 0.1) is 18.7 Å². The van der Waals surface area contributed by atoms with Crippen molar-refractivity contribution in [2.75, 3.05) is 20.3 Å².